The molecule has 6 nitrogen and oxygen atoms in total. The molecule has 0 saturated carbocycles. The number of aryl methyl sites for hydroxylation is 1. The van der Waals surface area contributed by atoms with E-state index in [9.17, 15) is 4.79 Å². The van der Waals surface area contributed by atoms with Gasteiger partial charge in [-0.25, -0.2) is 9.98 Å². The van der Waals surface area contributed by atoms with Crippen LogP contribution in [-0.2, 0) is 24.1 Å². The summed E-state index contributed by atoms with van der Waals surface area (Å²) < 4.78 is 0. The molecule has 1 amide bonds. The zero-order valence-electron chi connectivity index (χ0n) is 17.4. The van der Waals surface area contributed by atoms with Crippen molar-refractivity contribution in [2.75, 3.05) is 27.2 Å². The minimum atomic E-state index is -0.0259. The van der Waals surface area contributed by atoms with Crippen molar-refractivity contribution in [1.82, 2.24) is 20.5 Å². The highest BCUT2D eigenvalue weighted by Crippen LogP contribution is 2.20. The van der Waals surface area contributed by atoms with E-state index in [2.05, 4.69) is 44.9 Å². The molecule has 0 radical (unpaired) electrons. The van der Waals surface area contributed by atoms with E-state index in [1.165, 1.54) is 11.1 Å². The second-order valence-electron chi connectivity index (χ2n) is 7.47. The number of aromatic nitrogens is 1. The number of benzene rings is 1. The molecule has 1 atom stereocenters. The molecule has 0 fully saturated rings. The molecule has 0 aliphatic heterocycles. The first kappa shape index (κ1) is 24.4. The average Bonchev–Trinajstić information content (AvgIpc) is 2.72. The van der Waals surface area contributed by atoms with Gasteiger partial charge in [-0.3, -0.25) is 4.79 Å². The average molecular weight is 542 g/mol. The van der Waals surface area contributed by atoms with Crippen molar-refractivity contribution in [2.45, 2.75) is 31.7 Å². The van der Waals surface area contributed by atoms with Gasteiger partial charge in [0.15, 0.2) is 5.96 Å². The molecule has 2 aromatic rings. The Morgan fingerprint density at radius 2 is 2.00 bits per heavy atom. The van der Waals surface area contributed by atoms with Crippen molar-refractivity contribution in [3.05, 3.63) is 64.4 Å². The first-order valence-electron chi connectivity index (χ1n) is 9.93. The van der Waals surface area contributed by atoms with Crippen LogP contribution in [0.1, 0.15) is 23.1 Å². The summed E-state index contributed by atoms with van der Waals surface area (Å²) in [6.45, 7) is 0.808. The van der Waals surface area contributed by atoms with Gasteiger partial charge in [0.25, 0.3) is 0 Å². The Kier molecular flexibility index (Phi) is 9.84. The first-order chi connectivity index (χ1) is 14.0. The van der Waals surface area contributed by atoms with Gasteiger partial charge in [0.1, 0.15) is 11.7 Å². The van der Waals surface area contributed by atoms with Crippen LogP contribution in [0.2, 0.25) is 5.15 Å². The molecule has 0 bridgehead atoms. The molecule has 2 N–H and O–H groups in total. The van der Waals surface area contributed by atoms with Crippen molar-refractivity contribution < 1.29 is 4.79 Å². The number of aliphatic imine (C=N–C) groups is 1. The van der Waals surface area contributed by atoms with E-state index in [-0.39, 0.29) is 36.4 Å². The van der Waals surface area contributed by atoms with Gasteiger partial charge in [-0.05, 0) is 48.4 Å². The largest absolute Gasteiger partial charge is 0.356 e. The number of pyridine rings is 1. The first-order valence-corrected chi connectivity index (χ1v) is 10.3. The maximum absolute atomic E-state index is 12.0. The van der Waals surface area contributed by atoms with Crippen molar-refractivity contribution in [1.29, 1.82) is 0 Å². The van der Waals surface area contributed by atoms with Gasteiger partial charge in [-0.15, -0.1) is 24.0 Å². The van der Waals surface area contributed by atoms with Crippen LogP contribution in [0.15, 0.2) is 47.6 Å². The van der Waals surface area contributed by atoms with Crippen molar-refractivity contribution >= 4 is 47.4 Å². The number of hydrogen-bond donors (Lipinski definition) is 2. The van der Waals surface area contributed by atoms with E-state index in [0.717, 1.165) is 31.2 Å². The van der Waals surface area contributed by atoms with Crippen LogP contribution in [0.4, 0.5) is 0 Å². The second kappa shape index (κ2) is 12.1. The number of halogens is 2. The number of amides is 1. The topological polar surface area (TPSA) is 69.6 Å². The highest BCUT2D eigenvalue weighted by molar-refractivity contribution is 14.0. The van der Waals surface area contributed by atoms with E-state index in [1.807, 2.05) is 6.07 Å². The Labute approximate surface area is 200 Å². The van der Waals surface area contributed by atoms with Crippen LogP contribution in [0.3, 0.4) is 0 Å². The van der Waals surface area contributed by atoms with E-state index in [0.29, 0.717) is 23.7 Å². The third-order valence-electron chi connectivity index (χ3n) is 5.05. The Morgan fingerprint density at radius 1 is 1.23 bits per heavy atom. The zero-order valence-corrected chi connectivity index (χ0v) is 20.5. The lowest BCUT2D eigenvalue weighted by Crippen LogP contribution is -2.46. The van der Waals surface area contributed by atoms with Crippen LogP contribution >= 0.6 is 35.6 Å². The predicted molar refractivity (Wildman–Crippen MR) is 133 cm³/mol. The summed E-state index contributed by atoms with van der Waals surface area (Å²) in [5, 5.41) is 7.36. The normalized spacial score (nSPS) is 15.6. The Hall–Kier alpha value is -1.87. The molecule has 162 valence electrons. The number of carbonyl (C=O) groups is 1. The van der Waals surface area contributed by atoms with Gasteiger partial charge in [-0.2, -0.15) is 0 Å². The molecule has 1 aliphatic carbocycles. The lowest BCUT2D eigenvalue weighted by atomic mass is 9.88. The maximum Gasteiger partial charge on any atom is 0.243 e. The highest BCUT2D eigenvalue weighted by atomic mass is 127. The molecule has 0 saturated heterocycles. The number of carbonyl (C=O) groups excluding carboxylic acids is 1. The fraction of sp³-hybridized carbons (Fsp3) is 0.409. The van der Waals surface area contributed by atoms with Crippen LogP contribution in [0.25, 0.3) is 0 Å². The zero-order chi connectivity index (χ0) is 20.6. The fourth-order valence-corrected chi connectivity index (χ4v) is 3.45. The van der Waals surface area contributed by atoms with Crippen LogP contribution in [-0.4, -0.2) is 55.0 Å². The number of nitrogens with zero attached hydrogens (tertiary/aromatic N) is 3. The van der Waals surface area contributed by atoms with Gasteiger partial charge >= 0.3 is 0 Å². The summed E-state index contributed by atoms with van der Waals surface area (Å²) in [6.07, 6.45) is 5.62. The Bertz CT molecular complexity index is 857. The molecule has 1 aromatic heterocycles. The van der Waals surface area contributed by atoms with Crippen molar-refractivity contribution in [2.24, 2.45) is 4.99 Å². The summed E-state index contributed by atoms with van der Waals surface area (Å²) in [6, 6.07) is 12.6. The summed E-state index contributed by atoms with van der Waals surface area (Å²) in [5.74, 6) is 0.647. The quantitative estimate of drug-likeness (QED) is 0.255. The summed E-state index contributed by atoms with van der Waals surface area (Å²) >= 11 is 5.85. The number of hydrogen-bond acceptors (Lipinski definition) is 3. The van der Waals surface area contributed by atoms with Crippen molar-refractivity contribution in [3.8, 4) is 0 Å². The van der Waals surface area contributed by atoms with Gasteiger partial charge in [-0.1, -0.05) is 41.9 Å². The van der Waals surface area contributed by atoms with Gasteiger partial charge in [0.2, 0.25) is 5.91 Å². The third kappa shape index (κ3) is 7.43. The molecule has 1 unspecified atom stereocenters. The summed E-state index contributed by atoms with van der Waals surface area (Å²) in [7, 11) is 3.48. The smallest absolute Gasteiger partial charge is 0.243 e. The SMILES string of the molecule is CN(C)C(=O)CN=C(NCCc1ccc(Cl)nc1)NC1CCc2ccccc2C1.I. The van der Waals surface area contributed by atoms with Crippen LogP contribution < -0.4 is 10.6 Å². The summed E-state index contributed by atoms with van der Waals surface area (Å²) in [5.41, 5.74) is 3.90. The molecule has 30 heavy (non-hydrogen) atoms. The Morgan fingerprint density at radius 3 is 2.70 bits per heavy atom. The molecule has 1 aliphatic rings. The lowest BCUT2D eigenvalue weighted by molar-refractivity contribution is -0.127. The molecule has 0 spiro atoms. The molecule has 1 heterocycles. The van der Waals surface area contributed by atoms with Gasteiger partial charge < -0.3 is 15.5 Å². The summed E-state index contributed by atoms with van der Waals surface area (Å²) in [4.78, 5) is 22.1. The lowest BCUT2D eigenvalue weighted by Gasteiger charge is -2.27. The van der Waals surface area contributed by atoms with Gasteiger partial charge in [0.05, 0.1) is 0 Å². The number of guanidine groups is 1. The second-order valence-corrected chi connectivity index (χ2v) is 7.86. The van der Waals surface area contributed by atoms with Gasteiger partial charge in [0, 0.05) is 32.9 Å². The molecule has 1 aromatic carbocycles. The van der Waals surface area contributed by atoms with E-state index < -0.39 is 0 Å². The molecular formula is C22H29ClIN5O. The highest BCUT2D eigenvalue weighted by Gasteiger charge is 2.19. The molecule has 8 heteroatoms. The van der Waals surface area contributed by atoms with Crippen LogP contribution in [0.5, 0.6) is 0 Å². The number of rotatable bonds is 6. The van der Waals surface area contributed by atoms with Crippen LogP contribution in [0, 0.1) is 0 Å². The minimum Gasteiger partial charge on any atom is -0.356 e. The van der Waals surface area contributed by atoms with E-state index >= 15 is 0 Å². The minimum absolute atomic E-state index is 0. The monoisotopic (exact) mass is 541 g/mol. The number of fused-ring (bicyclic) bond motifs is 1. The van der Waals surface area contributed by atoms with E-state index in [4.69, 9.17) is 11.6 Å². The van der Waals surface area contributed by atoms with E-state index in [1.54, 1.807) is 31.3 Å². The number of likely N-dealkylation sites (N-methyl/N-ethyl adjacent to an activating group) is 1. The molecular weight excluding hydrogens is 513 g/mol. The Balaban J connectivity index is 0.00000320. The van der Waals surface area contributed by atoms with Crippen molar-refractivity contribution in [3.63, 3.8) is 0 Å². The third-order valence-corrected chi connectivity index (χ3v) is 5.28. The maximum atomic E-state index is 12.0. The molecule has 3 rings (SSSR count). The fourth-order valence-electron chi connectivity index (χ4n) is 3.33. The predicted octanol–water partition coefficient (Wildman–Crippen LogP) is 3.08. The standard InChI is InChI=1S/C22H28ClN5O.HI/c1-28(2)21(29)15-26-22(24-12-11-16-7-10-20(23)25-14-16)27-19-9-8-17-5-3-4-6-18(17)13-19;/h3-7,10,14,19H,8-9,11-13,15H2,1-2H3,(H2,24,26,27);1H. The number of nitrogens with one attached hydrogen (secondary N) is 2.